The van der Waals surface area contributed by atoms with Crippen LogP contribution in [-0.2, 0) is 6.42 Å². The first-order chi connectivity index (χ1) is 7.60. The maximum Gasteiger partial charge on any atom is 0.125 e. The molecule has 90 valence electrons. The molecule has 0 saturated carbocycles. The summed E-state index contributed by atoms with van der Waals surface area (Å²) in [5, 5.41) is 0. The van der Waals surface area contributed by atoms with Gasteiger partial charge in [0.1, 0.15) is 5.75 Å². The van der Waals surface area contributed by atoms with E-state index < -0.39 is 0 Å². The Morgan fingerprint density at radius 1 is 1.31 bits per heavy atom. The van der Waals surface area contributed by atoms with Gasteiger partial charge in [-0.05, 0) is 48.9 Å². The fourth-order valence-corrected chi connectivity index (χ4v) is 2.04. The van der Waals surface area contributed by atoms with Gasteiger partial charge in [-0.15, -0.1) is 0 Å². The van der Waals surface area contributed by atoms with Crippen LogP contribution in [0.25, 0.3) is 0 Å². The number of ether oxygens (including phenoxy) is 1. The zero-order valence-electron chi connectivity index (χ0n) is 10.8. The topological polar surface area (TPSA) is 35.2 Å². The van der Waals surface area contributed by atoms with Crippen molar-refractivity contribution in [1.82, 2.24) is 0 Å². The van der Waals surface area contributed by atoms with Crippen LogP contribution in [0.4, 0.5) is 0 Å². The van der Waals surface area contributed by atoms with E-state index in [2.05, 4.69) is 32.9 Å². The molecular weight excluding hydrogens is 198 g/mol. The third-order valence-corrected chi connectivity index (χ3v) is 2.86. The third-order valence-electron chi connectivity index (χ3n) is 2.86. The molecule has 16 heavy (non-hydrogen) atoms. The lowest BCUT2D eigenvalue weighted by Gasteiger charge is -2.16. The van der Waals surface area contributed by atoms with Gasteiger partial charge in [0, 0.05) is 0 Å². The monoisotopic (exact) mass is 221 g/mol. The van der Waals surface area contributed by atoms with E-state index in [0.29, 0.717) is 5.92 Å². The Morgan fingerprint density at radius 2 is 2.00 bits per heavy atom. The molecule has 0 heterocycles. The van der Waals surface area contributed by atoms with Crippen LogP contribution in [0, 0.1) is 6.92 Å². The summed E-state index contributed by atoms with van der Waals surface area (Å²) < 4.78 is 5.47. The van der Waals surface area contributed by atoms with Crippen LogP contribution in [0.3, 0.4) is 0 Å². The van der Waals surface area contributed by atoms with Gasteiger partial charge in [-0.1, -0.05) is 26.0 Å². The Labute approximate surface area is 98.8 Å². The molecule has 0 aliphatic rings. The second kappa shape index (κ2) is 5.90. The summed E-state index contributed by atoms with van der Waals surface area (Å²) >= 11 is 0. The summed E-state index contributed by atoms with van der Waals surface area (Å²) in [5.41, 5.74) is 9.44. The van der Waals surface area contributed by atoms with Crippen molar-refractivity contribution in [3.8, 4) is 5.75 Å². The predicted molar refractivity (Wildman–Crippen MR) is 69.2 cm³/mol. The van der Waals surface area contributed by atoms with Crippen LogP contribution in [0.1, 0.15) is 42.9 Å². The summed E-state index contributed by atoms with van der Waals surface area (Å²) in [5.74, 6) is 1.53. The molecule has 0 unspecified atom stereocenters. The molecule has 0 saturated heterocycles. The van der Waals surface area contributed by atoms with E-state index in [-0.39, 0.29) is 0 Å². The molecule has 2 heteroatoms. The normalized spacial score (nSPS) is 10.9. The van der Waals surface area contributed by atoms with E-state index in [1.807, 2.05) is 0 Å². The second-order valence-corrected chi connectivity index (χ2v) is 4.58. The molecule has 0 spiro atoms. The molecule has 1 aromatic carbocycles. The first kappa shape index (κ1) is 13.0. The molecule has 0 amide bonds. The molecular formula is C14H23NO. The number of hydrogen-bond donors (Lipinski definition) is 1. The minimum Gasteiger partial charge on any atom is -0.496 e. The van der Waals surface area contributed by atoms with E-state index in [4.69, 9.17) is 10.5 Å². The maximum absolute atomic E-state index is 5.54. The van der Waals surface area contributed by atoms with Gasteiger partial charge in [0.15, 0.2) is 0 Å². The highest BCUT2D eigenvalue weighted by molar-refractivity contribution is 5.45. The minimum atomic E-state index is 0.492. The van der Waals surface area contributed by atoms with E-state index >= 15 is 0 Å². The van der Waals surface area contributed by atoms with Gasteiger partial charge in [-0.25, -0.2) is 0 Å². The molecule has 0 atom stereocenters. The fourth-order valence-electron chi connectivity index (χ4n) is 2.04. The Kier molecular flexibility index (Phi) is 4.81. The van der Waals surface area contributed by atoms with Crippen LogP contribution >= 0.6 is 0 Å². The highest BCUT2D eigenvalue weighted by Gasteiger charge is 2.11. The molecule has 0 aliphatic carbocycles. The van der Waals surface area contributed by atoms with Gasteiger partial charge in [-0.2, -0.15) is 0 Å². The first-order valence-electron chi connectivity index (χ1n) is 5.97. The van der Waals surface area contributed by atoms with E-state index in [0.717, 1.165) is 25.1 Å². The van der Waals surface area contributed by atoms with Crippen molar-refractivity contribution in [1.29, 1.82) is 0 Å². The average molecular weight is 221 g/mol. The summed E-state index contributed by atoms with van der Waals surface area (Å²) in [6.07, 6.45) is 2.10. The van der Waals surface area contributed by atoms with Gasteiger partial charge < -0.3 is 10.5 Å². The number of rotatable bonds is 5. The largest absolute Gasteiger partial charge is 0.496 e. The van der Waals surface area contributed by atoms with Gasteiger partial charge >= 0.3 is 0 Å². The van der Waals surface area contributed by atoms with Gasteiger partial charge in [-0.3, -0.25) is 0 Å². The maximum atomic E-state index is 5.54. The van der Waals surface area contributed by atoms with E-state index in [1.54, 1.807) is 7.11 Å². The summed E-state index contributed by atoms with van der Waals surface area (Å²) in [4.78, 5) is 0. The molecule has 0 aliphatic heterocycles. The van der Waals surface area contributed by atoms with Crippen molar-refractivity contribution in [2.45, 2.75) is 39.5 Å². The number of methoxy groups -OCH3 is 1. The highest BCUT2D eigenvalue weighted by Crippen LogP contribution is 2.31. The summed E-state index contributed by atoms with van der Waals surface area (Å²) in [6.45, 7) is 7.26. The third kappa shape index (κ3) is 2.99. The SMILES string of the molecule is COc1c(C)cc(CCCN)cc1C(C)C. The van der Waals surface area contributed by atoms with E-state index in [9.17, 15) is 0 Å². The number of benzene rings is 1. The Hall–Kier alpha value is -1.02. The van der Waals surface area contributed by atoms with Crippen molar-refractivity contribution >= 4 is 0 Å². The van der Waals surface area contributed by atoms with Crippen LogP contribution in [-0.4, -0.2) is 13.7 Å². The van der Waals surface area contributed by atoms with Crippen LogP contribution in [0.5, 0.6) is 5.75 Å². The predicted octanol–water partition coefficient (Wildman–Crippen LogP) is 3.02. The lowest BCUT2D eigenvalue weighted by molar-refractivity contribution is 0.404. The summed E-state index contributed by atoms with van der Waals surface area (Å²) in [6, 6.07) is 4.46. The number of nitrogens with two attached hydrogens (primary N) is 1. The Balaban J connectivity index is 3.07. The lowest BCUT2D eigenvalue weighted by atomic mass is 9.95. The fraction of sp³-hybridized carbons (Fsp3) is 0.571. The highest BCUT2D eigenvalue weighted by atomic mass is 16.5. The zero-order valence-corrected chi connectivity index (χ0v) is 10.8. The van der Waals surface area contributed by atoms with Crippen LogP contribution in [0.2, 0.25) is 0 Å². The first-order valence-corrected chi connectivity index (χ1v) is 5.97. The number of aryl methyl sites for hydroxylation is 2. The zero-order chi connectivity index (χ0) is 12.1. The number of hydrogen-bond acceptors (Lipinski definition) is 2. The van der Waals surface area contributed by atoms with Crippen LogP contribution < -0.4 is 10.5 Å². The Morgan fingerprint density at radius 3 is 2.50 bits per heavy atom. The lowest BCUT2D eigenvalue weighted by Crippen LogP contribution is -2.03. The minimum absolute atomic E-state index is 0.492. The molecule has 0 aromatic heterocycles. The van der Waals surface area contributed by atoms with Crippen molar-refractivity contribution in [2.24, 2.45) is 5.73 Å². The van der Waals surface area contributed by atoms with Crippen LogP contribution in [0.15, 0.2) is 12.1 Å². The quantitative estimate of drug-likeness (QED) is 0.829. The molecule has 0 fully saturated rings. The molecule has 1 rings (SSSR count). The molecule has 0 bridgehead atoms. The standard InChI is InChI=1S/C14H23NO/c1-10(2)13-9-12(6-5-7-15)8-11(3)14(13)16-4/h8-10H,5-7,15H2,1-4H3. The second-order valence-electron chi connectivity index (χ2n) is 4.58. The van der Waals surface area contributed by atoms with Crippen molar-refractivity contribution in [3.05, 3.63) is 28.8 Å². The molecule has 0 radical (unpaired) electrons. The molecule has 2 N–H and O–H groups in total. The van der Waals surface area contributed by atoms with Gasteiger partial charge in [0.25, 0.3) is 0 Å². The smallest absolute Gasteiger partial charge is 0.125 e. The molecule has 1 aromatic rings. The van der Waals surface area contributed by atoms with Crippen molar-refractivity contribution in [2.75, 3.05) is 13.7 Å². The van der Waals surface area contributed by atoms with Gasteiger partial charge in [0.05, 0.1) is 7.11 Å². The Bertz CT molecular complexity index is 345. The van der Waals surface area contributed by atoms with Crippen molar-refractivity contribution in [3.63, 3.8) is 0 Å². The van der Waals surface area contributed by atoms with Crippen molar-refractivity contribution < 1.29 is 4.74 Å². The van der Waals surface area contributed by atoms with Gasteiger partial charge in [0.2, 0.25) is 0 Å². The average Bonchev–Trinajstić information content (AvgIpc) is 2.25. The summed E-state index contributed by atoms with van der Waals surface area (Å²) in [7, 11) is 1.74. The van der Waals surface area contributed by atoms with E-state index in [1.165, 1.54) is 16.7 Å². The molecule has 2 nitrogen and oxygen atoms in total.